The van der Waals surface area contributed by atoms with Crippen LogP contribution in [0.25, 0.3) is 0 Å². The molecule has 0 amide bonds. The van der Waals surface area contributed by atoms with Crippen molar-refractivity contribution in [1.29, 1.82) is 0 Å². The first kappa shape index (κ1) is 13.8. The van der Waals surface area contributed by atoms with Gasteiger partial charge in [-0.3, -0.25) is 0 Å². The Hall–Kier alpha value is -2.14. The van der Waals surface area contributed by atoms with Gasteiger partial charge in [0.15, 0.2) is 0 Å². The molecule has 0 aliphatic rings. The molecule has 1 aromatic heterocycles. The Balaban J connectivity index is 2.16. The Kier molecular flexibility index (Phi) is 3.75. The molecule has 0 spiro atoms. The molecule has 2 N–H and O–H groups in total. The predicted octanol–water partition coefficient (Wildman–Crippen LogP) is 4.00. The van der Waals surface area contributed by atoms with Crippen LogP contribution < -0.4 is 5.73 Å². The van der Waals surface area contributed by atoms with Crippen LogP contribution >= 0.6 is 15.9 Å². The quantitative estimate of drug-likeness (QED) is 0.779. The van der Waals surface area contributed by atoms with E-state index in [1.54, 1.807) is 23.0 Å². The lowest BCUT2D eigenvalue weighted by molar-refractivity contribution is 0.597. The molecular formula is C16H13BrFN3. The van der Waals surface area contributed by atoms with E-state index in [4.69, 9.17) is 5.73 Å². The second-order valence-corrected chi connectivity index (χ2v) is 5.54. The Morgan fingerprint density at radius 3 is 2.19 bits per heavy atom. The summed E-state index contributed by atoms with van der Waals surface area (Å²) in [6.45, 7) is 0. The number of nitrogens with zero attached hydrogens (tertiary/aromatic N) is 2. The van der Waals surface area contributed by atoms with E-state index in [1.165, 1.54) is 12.1 Å². The molecule has 1 heterocycles. The molecule has 1 atom stereocenters. The van der Waals surface area contributed by atoms with Crippen molar-refractivity contribution in [1.82, 2.24) is 9.78 Å². The fourth-order valence-electron chi connectivity index (χ4n) is 2.31. The molecule has 0 fully saturated rings. The number of halogens is 2. The smallest absolute Gasteiger partial charge is 0.137 e. The number of nitrogen functional groups attached to an aromatic ring is 1. The molecule has 0 bridgehead atoms. The summed E-state index contributed by atoms with van der Waals surface area (Å²) in [6.07, 6.45) is 1.66. The Morgan fingerprint density at radius 2 is 1.62 bits per heavy atom. The average molecular weight is 346 g/mol. The van der Waals surface area contributed by atoms with Crippen LogP contribution in [0, 0.1) is 5.82 Å². The minimum absolute atomic E-state index is 0.196. The first-order valence-corrected chi connectivity index (χ1v) is 7.25. The normalized spacial score (nSPS) is 12.3. The largest absolute Gasteiger partial charge is 0.383 e. The number of hydrogen-bond donors (Lipinski definition) is 1. The maximum atomic E-state index is 13.2. The lowest BCUT2D eigenvalue weighted by Crippen LogP contribution is -2.16. The third-order valence-corrected chi connectivity index (χ3v) is 3.94. The van der Waals surface area contributed by atoms with Crippen molar-refractivity contribution in [3.8, 4) is 0 Å². The summed E-state index contributed by atoms with van der Waals surface area (Å²) in [5, 5.41) is 4.34. The molecule has 0 aliphatic carbocycles. The Bertz CT molecular complexity index is 738. The summed E-state index contributed by atoms with van der Waals surface area (Å²) in [5.41, 5.74) is 8.04. The molecule has 3 rings (SSSR count). The third-order valence-electron chi connectivity index (χ3n) is 3.33. The molecule has 0 radical (unpaired) electrons. The van der Waals surface area contributed by atoms with Gasteiger partial charge in [0.25, 0.3) is 0 Å². The van der Waals surface area contributed by atoms with E-state index in [9.17, 15) is 4.39 Å². The summed E-state index contributed by atoms with van der Waals surface area (Å²) >= 11 is 3.37. The van der Waals surface area contributed by atoms with Gasteiger partial charge in [-0.25, -0.2) is 9.07 Å². The first-order valence-electron chi connectivity index (χ1n) is 6.45. The van der Waals surface area contributed by atoms with Gasteiger partial charge < -0.3 is 5.73 Å². The highest BCUT2D eigenvalue weighted by atomic mass is 79.9. The van der Waals surface area contributed by atoms with E-state index in [2.05, 4.69) is 21.0 Å². The van der Waals surface area contributed by atoms with Gasteiger partial charge >= 0.3 is 0 Å². The fraction of sp³-hybridized carbons (Fsp3) is 0.0625. The van der Waals surface area contributed by atoms with Crippen LogP contribution in [0.15, 0.2) is 65.3 Å². The van der Waals surface area contributed by atoms with Crippen LogP contribution in [0.2, 0.25) is 0 Å². The van der Waals surface area contributed by atoms with Crippen LogP contribution in [0.1, 0.15) is 17.2 Å². The van der Waals surface area contributed by atoms with Gasteiger partial charge in [0, 0.05) is 0 Å². The summed E-state index contributed by atoms with van der Waals surface area (Å²) in [5.74, 6) is 0.272. The van der Waals surface area contributed by atoms with Crippen LogP contribution in [-0.4, -0.2) is 9.78 Å². The standard InChI is InChI=1S/C16H13BrFN3/c17-14-10-20-21(16(14)19)15(11-4-2-1-3-5-11)12-6-8-13(18)9-7-12/h1-10,15H,19H2. The van der Waals surface area contributed by atoms with Gasteiger partial charge in [0.2, 0.25) is 0 Å². The van der Waals surface area contributed by atoms with Gasteiger partial charge in [0.05, 0.1) is 10.7 Å². The number of anilines is 1. The number of benzene rings is 2. The molecule has 2 aromatic carbocycles. The van der Waals surface area contributed by atoms with Crippen molar-refractivity contribution in [2.45, 2.75) is 6.04 Å². The second kappa shape index (κ2) is 5.69. The summed E-state index contributed by atoms with van der Waals surface area (Å²) in [4.78, 5) is 0. The molecule has 106 valence electrons. The average Bonchev–Trinajstić information content (AvgIpc) is 2.83. The van der Waals surface area contributed by atoms with Crippen LogP contribution in [0.4, 0.5) is 10.2 Å². The van der Waals surface area contributed by atoms with Crippen molar-refractivity contribution in [3.63, 3.8) is 0 Å². The maximum absolute atomic E-state index is 13.2. The summed E-state index contributed by atoms with van der Waals surface area (Å²) < 4.78 is 15.7. The van der Waals surface area contributed by atoms with E-state index in [-0.39, 0.29) is 11.9 Å². The van der Waals surface area contributed by atoms with Crippen molar-refractivity contribution in [2.75, 3.05) is 5.73 Å². The van der Waals surface area contributed by atoms with Gasteiger partial charge in [-0.05, 0) is 39.2 Å². The fourth-order valence-corrected chi connectivity index (χ4v) is 2.58. The monoisotopic (exact) mass is 345 g/mol. The topological polar surface area (TPSA) is 43.8 Å². The maximum Gasteiger partial charge on any atom is 0.137 e. The predicted molar refractivity (Wildman–Crippen MR) is 84.4 cm³/mol. The second-order valence-electron chi connectivity index (χ2n) is 4.69. The molecule has 3 aromatic rings. The van der Waals surface area contributed by atoms with E-state index < -0.39 is 0 Å². The number of hydrogen-bond acceptors (Lipinski definition) is 2. The molecule has 3 nitrogen and oxygen atoms in total. The third kappa shape index (κ3) is 2.69. The summed E-state index contributed by atoms with van der Waals surface area (Å²) in [6, 6.07) is 16.1. The first-order chi connectivity index (χ1) is 10.2. The molecule has 0 saturated heterocycles. The van der Waals surface area contributed by atoms with Crippen molar-refractivity contribution in [3.05, 3.63) is 82.2 Å². The Morgan fingerprint density at radius 1 is 1.00 bits per heavy atom. The highest BCUT2D eigenvalue weighted by Gasteiger charge is 2.20. The number of aromatic nitrogens is 2. The highest BCUT2D eigenvalue weighted by molar-refractivity contribution is 9.10. The zero-order valence-corrected chi connectivity index (χ0v) is 12.7. The minimum Gasteiger partial charge on any atom is -0.383 e. The molecule has 21 heavy (non-hydrogen) atoms. The minimum atomic E-state index is -0.264. The zero-order chi connectivity index (χ0) is 14.8. The lowest BCUT2D eigenvalue weighted by Gasteiger charge is -2.20. The number of rotatable bonds is 3. The van der Waals surface area contributed by atoms with Gasteiger partial charge in [-0.2, -0.15) is 5.10 Å². The van der Waals surface area contributed by atoms with E-state index in [0.717, 1.165) is 15.6 Å². The van der Waals surface area contributed by atoms with E-state index in [1.807, 2.05) is 30.3 Å². The summed E-state index contributed by atoms with van der Waals surface area (Å²) in [7, 11) is 0. The van der Waals surface area contributed by atoms with Crippen molar-refractivity contribution < 1.29 is 4.39 Å². The van der Waals surface area contributed by atoms with Crippen LogP contribution in [0.5, 0.6) is 0 Å². The SMILES string of the molecule is Nc1c(Br)cnn1C(c1ccccc1)c1ccc(F)cc1. The van der Waals surface area contributed by atoms with Crippen molar-refractivity contribution in [2.24, 2.45) is 0 Å². The molecule has 0 saturated carbocycles. The van der Waals surface area contributed by atoms with E-state index >= 15 is 0 Å². The Labute approximate surface area is 130 Å². The number of nitrogens with two attached hydrogens (primary N) is 1. The van der Waals surface area contributed by atoms with Gasteiger partial charge in [0.1, 0.15) is 17.7 Å². The lowest BCUT2D eigenvalue weighted by atomic mass is 9.99. The highest BCUT2D eigenvalue weighted by Crippen LogP contribution is 2.31. The molecule has 0 aliphatic heterocycles. The van der Waals surface area contributed by atoms with Crippen LogP contribution in [-0.2, 0) is 0 Å². The van der Waals surface area contributed by atoms with Crippen LogP contribution in [0.3, 0.4) is 0 Å². The molecular weight excluding hydrogens is 333 g/mol. The van der Waals surface area contributed by atoms with Gasteiger partial charge in [-0.15, -0.1) is 0 Å². The van der Waals surface area contributed by atoms with Crippen molar-refractivity contribution >= 4 is 21.7 Å². The zero-order valence-electron chi connectivity index (χ0n) is 11.1. The molecule has 1 unspecified atom stereocenters. The molecule has 5 heteroatoms. The van der Waals surface area contributed by atoms with E-state index in [0.29, 0.717) is 5.82 Å². The van der Waals surface area contributed by atoms with Gasteiger partial charge in [-0.1, -0.05) is 42.5 Å².